The van der Waals surface area contributed by atoms with E-state index in [2.05, 4.69) is 15.9 Å². The molecule has 0 aromatic heterocycles. The molecule has 2 heterocycles. The Bertz CT molecular complexity index is 1060. The van der Waals surface area contributed by atoms with Crippen LogP contribution < -0.4 is 4.74 Å². The molecule has 36 heavy (non-hydrogen) atoms. The Morgan fingerprint density at radius 2 is 1.94 bits per heavy atom. The SMILES string of the molecule is CC1(C)OCc2cc([C@@H]3CN(CCCCCCOCC(F)(F)c4cccc(Br)c4)C(=O)O3)ccc2O1. The van der Waals surface area contributed by atoms with Gasteiger partial charge in [-0.05, 0) is 42.7 Å². The van der Waals surface area contributed by atoms with Crippen molar-refractivity contribution in [1.29, 1.82) is 0 Å². The van der Waals surface area contributed by atoms with E-state index < -0.39 is 18.3 Å². The molecule has 1 amide bonds. The molecule has 2 aliphatic heterocycles. The molecule has 2 aromatic carbocycles. The first-order chi connectivity index (χ1) is 17.1. The number of carbonyl (C=O) groups is 1. The average Bonchev–Trinajstić information content (AvgIpc) is 3.20. The van der Waals surface area contributed by atoms with E-state index in [0.717, 1.165) is 36.1 Å². The summed E-state index contributed by atoms with van der Waals surface area (Å²) in [5, 5.41) is 0. The minimum absolute atomic E-state index is 0.0614. The van der Waals surface area contributed by atoms with Crippen molar-refractivity contribution in [3.8, 4) is 5.75 Å². The van der Waals surface area contributed by atoms with Crippen LogP contribution in [0.3, 0.4) is 0 Å². The Hall–Kier alpha value is -2.23. The maximum atomic E-state index is 14.2. The fourth-order valence-corrected chi connectivity index (χ4v) is 4.68. The second-order valence-corrected chi connectivity index (χ2v) is 10.6. The van der Waals surface area contributed by atoms with Gasteiger partial charge in [0.25, 0.3) is 5.92 Å². The number of alkyl halides is 2. The van der Waals surface area contributed by atoms with E-state index in [-0.39, 0.29) is 24.4 Å². The molecule has 1 atom stereocenters. The van der Waals surface area contributed by atoms with Gasteiger partial charge in [0.2, 0.25) is 5.79 Å². The average molecular weight is 568 g/mol. The summed E-state index contributed by atoms with van der Waals surface area (Å²) in [5.74, 6) is -2.88. The maximum absolute atomic E-state index is 14.2. The number of halogens is 3. The van der Waals surface area contributed by atoms with Crippen molar-refractivity contribution < 1.29 is 32.5 Å². The highest BCUT2D eigenvalue weighted by Crippen LogP contribution is 2.35. The Labute approximate surface area is 219 Å². The molecule has 1 fully saturated rings. The first kappa shape index (κ1) is 26.8. The van der Waals surface area contributed by atoms with Crippen molar-refractivity contribution in [2.75, 3.05) is 26.3 Å². The van der Waals surface area contributed by atoms with Crippen LogP contribution >= 0.6 is 15.9 Å². The zero-order chi connectivity index (χ0) is 25.8. The minimum Gasteiger partial charge on any atom is -0.463 e. The van der Waals surface area contributed by atoms with Crippen LogP contribution in [0.2, 0.25) is 0 Å². The van der Waals surface area contributed by atoms with Gasteiger partial charge in [0.05, 0.1) is 13.2 Å². The van der Waals surface area contributed by atoms with Gasteiger partial charge < -0.3 is 23.8 Å². The topological polar surface area (TPSA) is 57.2 Å². The molecule has 0 radical (unpaired) electrons. The fourth-order valence-electron chi connectivity index (χ4n) is 4.28. The molecule has 196 valence electrons. The smallest absolute Gasteiger partial charge is 0.410 e. The molecule has 0 unspecified atom stereocenters. The Morgan fingerprint density at radius 3 is 2.75 bits per heavy atom. The van der Waals surface area contributed by atoms with E-state index in [9.17, 15) is 13.6 Å². The highest BCUT2D eigenvalue weighted by molar-refractivity contribution is 9.10. The van der Waals surface area contributed by atoms with Gasteiger partial charge in [0.15, 0.2) is 0 Å². The zero-order valence-electron chi connectivity index (χ0n) is 20.6. The Morgan fingerprint density at radius 1 is 1.14 bits per heavy atom. The van der Waals surface area contributed by atoms with Gasteiger partial charge >= 0.3 is 6.09 Å². The first-order valence-corrected chi connectivity index (χ1v) is 13.1. The third-order valence-corrected chi connectivity index (χ3v) is 6.77. The number of unbranched alkanes of at least 4 members (excludes halogenated alkanes) is 3. The molecule has 0 saturated carbocycles. The van der Waals surface area contributed by atoms with Gasteiger partial charge in [-0.25, -0.2) is 4.79 Å². The highest BCUT2D eigenvalue weighted by atomic mass is 79.9. The molecule has 9 heteroatoms. The molecule has 0 N–H and O–H groups in total. The largest absolute Gasteiger partial charge is 0.463 e. The van der Waals surface area contributed by atoms with E-state index in [1.54, 1.807) is 17.0 Å². The van der Waals surface area contributed by atoms with Crippen molar-refractivity contribution in [2.45, 2.75) is 64.0 Å². The van der Waals surface area contributed by atoms with Crippen LogP contribution in [-0.4, -0.2) is 43.1 Å². The van der Waals surface area contributed by atoms with Crippen molar-refractivity contribution in [3.63, 3.8) is 0 Å². The molecule has 0 spiro atoms. The number of hydrogen-bond acceptors (Lipinski definition) is 5. The van der Waals surface area contributed by atoms with Crippen LogP contribution in [0.1, 0.15) is 62.3 Å². The van der Waals surface area contributed by atoms with E-state index in [1.165, 1.54) is 12.1 Å². The predicted octanol–water partition coefficient (Wildman–Crippen LogP) is 6.96. The summed E-state index contributed by atoms with van der Waals surface area (Å²) < 4.78 is 51.4. The number of cyclic esters (lactones) is 1. The summed E-state index contributed by atoms with van der Waals surface area (Å²) >= 11 is 3.22. The van der Waals surface area contributed by atoms with Crippen molar-refractivity contribution in [1.82, 2.24) is 4.90 Å². The summed E-state index contributed by atoms with van der Waals surface area (Å²) in [4.78, 5) is 14.0. The molecule has 2 aliphatic rings. The van der Waals surface area contributed by atoms with Gasteiger partial charge in [-0.3, -0.25) is 0 Å². The van der Waals surface area contributed by atoms with Crippen molar-refractivity contribution in [3.05, 3.63) is 63.6 Å². The third kappa shape index (κ3) is 6.95. The number of amides is 1. The third-order valence-electron chi connectivity index (χ3n) is 6.27. The van der Waals surface area contributed by atoms with Crippen LogP contribution in [0.4, 0.5) is 13.6 Å². The predicted molar refractivity (Wildman–Crippen MR) is 134 cm³/mol. The second kappa shape index (κ2) is 11.4. The minimum atomic E-state index is -3.02. The van der Waals surface area contributed by atoms with E-state index in [4.69, 9.17) is 18.9 Å². The van der Waals surface area contributed by atoms with Crippen molar-refractivity contribution in [2.24, 2.45) is 0 Å². The summed E-state index contributed by atoms with van der Waals surface area (Å²) in [6.07, 6.45) is 2.59. The molecule has 6 nitrogen and oxygen atoms in total. The molecule has 0 bridgehead atoms. The number of hydrogen-bond donors (Lipinski definition) is 0. The summed E-state index contributed by atoms with van der Waals surface area (Å²) in [7, 11) is 0. The van der Waals surface area contributed by atoms with Crippen LogP contribution in [0.25, 0.3) is 0 Å². The normalized spacial score (nSPS) is 19.1. The number of carbonyl (C=O) groups excluding carboxylic acids is 1. The number of ether oxygens (including phenoxy) is 4. The molecule has 0 aliphatic carbocycles. The van der Waals surface area contributed by atoms with Gasteiger partial charge in [-0.2, -0.15) is 8.78 Å². The number of rotatable bonds is 11. The highest BCUT2D eigenvalue weighted by Gasteiger charge is 2.34. The van der Waals surface area contributed by atoms with Crippen molar-refractivity contribution >= 4 is 22.0 Å². The lowest BCUT2D eigenvalue weighted by Gasteiger charge is -2.32. The number of nitrogens with zero attached hydrogens (tertiary/aromatic N) is 1. The van der Waals surface area contributed by atoms with Gasteiger partial charge in [0, 0.05) is 42.6 Å². The van der Waals surface area contributed by atoms with E-state index in [1.807, 2.05) is 32.0 Å². The van der Waals surface area contributed by atoms with Crippen LogP contribution in [-0.2, 0) is 26.7 Å². The molecule has 1 saturated heterocycles. The second-order valence-electron chi connectivity index (χ2n) is 9.66. The molecule has 2 aromatic rings. The lowest BCUT2D eigenvalue weighted by Crippen LogP contribution is -2.35. The quantitative estimate of drug-likeness (QED) is 0.275. The van der Waals surface area contributed by atoms with E-state index in [0.29, 0.717) is 30.6 Å². The molecular formula is C27H32BrF2NO5. The lowest BCUT2D eigenvalue weighted by molar-refractivity contribution is -0.180. The van der Waals surface area contributed by atoms with Gasteiger partial charge in [-0.15, -0.1) is 0 Å². The summed E-state index contributed by atoms with van der Waals surface area (Å²) in [5.41, 5.74) is 1.81. The monoisotopic (exact) mass is 567 g/mol. The number of fused-ring (bicyclic) bond motifs is 1. The first-order valence-electron chi connectivity index (χ1n) is 12.3. The van der Waals surface area contributed by atoms with Gasteiger partial charge in [0.1, 0.15) is 18.5 Å². The van der Waals surface area contributed by atoms with Crippen LogP contribution in [0.15, 0.2) is 46.9 Å². The summed E-state index contributed by atoms with van der Waals surface area (Å²) in [6.45, 7) is 4.94. The standard InChI is InChI=1S/C27H32BrF2NO5/c1-26(2)34-17-20-14-19(10-11-23(20)36-26)24-16-31(25(32)35-24)12-5-3-4-6-13-33-18-27(29,30)21-8-7-9-22(28)15-21/h7-11,14-15,24H,3-6,12-13,16-18H2,1-2H3/t24-/m0/s1. The zero-order valence-corrected chi connectivity index (χ0v) is 22.2. The van der Waals surface area contributed by atoms with E-state index >= 15 is 0 Å². The fraction of sp³-hybridized carbons (Fsp3) is 0.519. The summed E-state index contributed by atoms with van der Waals surface area (Å²) in [6, 6.07) is 11.9. The Balaban J connectivity index is 1.13. The number of benzene rings is 2. The maximum Gasteiger partial charge on any atom is 0.410 e. The molecular weight excluding hydrogens is 536 g/mol. The lowest BCUT2D eigenvalue weighted by atomic mass is 10.0. The molecule has 4 rings (SSSR count). The Kier molecular flexibility index (Phi) is 8.52. The van der Waals surface area contributed by atoms with Gasteiger partial charge in [-0.1, -0.05) is 47.0 Å². The van der Waals surface area contributed by atoms with Crippen LogP contribution in [0.5, 0.6) is 5.75 Å². The van der Waals surface area contributed by atoms with Crippen LogP contribution in [0, 0.1) is 0 Å².